The Hall–Kier alpha value is -4.74. The van der Waals surface area contributed by atoms with E-state index in [-0.39, 0.29) is 30.2 Å². The molecule has 0 fully saturated rings. The third-order valence-electron chi connectivity index (χ3n) is 7.46. The van der Waals surface area contributed by atoms with Crippen molar-refractivity contribution in [3.8, 4) is 5.75 Å². The van der Waals surface area contributed by atoms with Gasteiger partial charge in [-0.1, -0.05) is 78.0 Å². The van der Waals surface area contributed by atoms with E-state index in [9.17, 15) is 9.59 Å². The molecule has 1 atom stereocenters. The third-order valence-corrected chi connectivity index (χ3v) is 9.33. The number of rotatable bonds is 11. The second kappa shape index (κ2) is 13.9. The van der Waals surface area contributed by atoms with E-state index in [1.54, 1.807) is 29.5 Å². The maximum atomic E-state index is 13.8. The van der Waals surface area contributed by atoms with Crippen LogP contribution in [0.2, 0.25) is 0 Å². The number of hydrazone groups is 1. The number of ether oxygens (including phenoxy) is 1. The van der Waals surface area contributed by atoms with Crippen LogP contribution in [0.1, 0.15) is 50.2 Å². The molecule has 11 heteroatoms. The van der Waals surface area contributed by atoms with Crippen molar-refractivity contribution >= 4 is 40.6 Å². The Morgan fingerprint density at radius 3 is 2.56 bits per heavy atom. The van der Waals surface area contributed by atoms with Crippen LogP contribution in [0.4, 0.5) is 0 Å². The van der Waals surface area contributed by atoms with Crippen LogP contribution in [0, 0.1) is 6.92 Å². The summed E-state index contributed by atoms with van der Waals surface area (Å²) in [6.45, 7) is 2.65. The molecule has 0 radical (unpaired) electrons. The number of nitrogens with one attached hydrogen (secondary N) is 1. The van der Waals surface area contributed by atoms with E-state index in [0.717, 1.165) is 33.0 Å². The van der Waals surface area contributed by atoms with Crippen molar-refractivity contribution in [3.05, 3.63) is 129 Å². The Morgan fingerprint density at radius 1 is 1.00 bits per heavy atom. The highest BCUT2D eigenvalue weighted by Gasteiger charge is 2.33. The maximum Gasteiger partial charge on any atom is 0.253 e. The van der Waals surface area contributed by atoms with Gasteiger partial charge in [-0.15, -0.1) is 21.5 Å². The highest BCUT2D eigenvalue weighted by atomic mass is 32.2. The average molecular weight is 637 g/mol. The third kappa shape index (κ3) is 7.16. The molecule has 9 nitrogen and oxygen atoms in total. The molecule has 0 saturated heterocycles. The standard InChI is InChI=1S/C34H32N6O3S2/c1-23-8-6-11-26(18-23)33(42)35-20-31-36-37-34(39(31)21-24-9-4-3-5-10-24)45-22-32(41)40-29(25-13-15-27(43-2)16-14-25)19-28(38-40)30-12-7-17-44-30/h3-18,29H,19-22H2,1-2H3,(H,35,42)/t29-/m1/s1. The number of carbonyl (C=O) groups excluding carboxylic acids is 2. The molecule has 5 aromatic rings. The van der Waals surface area contributed by atoms with Crippen molar-refractivity contribution in [2.24, 2.45) is 5.10 Å². The maximum absolute atomic E-state index is 13.8. The van der Waals surface area contributed by atoms with E-state index in [1.807, 2.05) is 102 Å². The summed E-state index contributed by atoms with van der Waals surface area (Å²) in [5, 5.41) is 20.8. The van der Waals surface area contributed by atoms with Gasteiger partial charge in [0.25, 0.3) is 11.8 Å². The average Bonchev–Trinajstić information content (AvgIpc) is 3.84. The smallest absolute Gasteiger partial charge is 0.253 e. The summed E-state index contributed by atoms with van der Waals surface area (Å²) in [6.07, 6.45) is 0.623. The number of thiophene rings is 1. The first-order chi connectivity index (χ1) is 22.0. The van der Waals surface area contributed by atoms with E-state index in [0.29, 0.717) is 29.5 Å². The van der Waals surface area contributed by atoms with Gasteiger partial charge in [0, 0.05) is 12.0 Å². The molecule has 6 rings (SSSR count). The Morgan fingerprint density at radius 2 is 1.82 bits per heavy atom. The van der Waals surface area contributed by atoms with Gasteiger partial charge in [-0.3, -0.25) is 9.59 Å². The number of benzene rings is 3. The van der Waals surface area contributed by atoms with Crippen LogP contribution in [0.5, 0.6) is 5.75 Å². The lowest BCUT2D eigenvalue weighted by Gasteiger charge is -2.22. The van der Waals surface area contributed by atoms with E-state index in [1.165, 1.54) is 11.8 Å². The highest BCUT2D eigenvalue weighted by Crippen LogP contribution is 2.35. The zero-order valence-corrected chi connectivity index (χ0v) is 26.6. The molecule has 2 aromatic heterocycles. The first-order valence-electron chi connectivity index (χ1n) is 14.5. The molecule has 2 amide bonds. The molecular weight excluding hydrogens is 605 g/mol. The minimum absolute atomic E-state index is 0.121. The van der Waals surface area contributed by atoms with Crippen LogP contribution >= 0.6 is 23.1 Å². The number of thioether (sulfide) groups is 1. The summed E-state index contributed by atoms with van der Waals surface area (Å²) in [5.74, 6) is 1.17. The van der Waals surface area contributed by atoms with Crippen LogP contribution in [0.3, 0.4) is 0 Å². The molecule has 0 spiro atoms. The van der Waals surface area contributed by atoms with Gasteiger partial charge in [-0.25, -0.2) is 5.01 Å². The van der Waals surface area contributed by atoms with Crippen molar-refractivity contribution in [2.75, 3.05) is 12.9 Å². The molecule has 1 aliphatic rings. The fraction of sp³-hybridized carbons (Fsp3) is 0.206. The molecule has 1 N–H and O–H groups in total. The normalized spacial score (nSPS) is 14.3. The lowest BCUT2D eigenvalue weighted by Crippen LogP contribution is -2.28. The number of aryl methyl sites for hydroxylation is 1. The van der Waals surface area contributed by atoms with Crippen molar-refractivity contribution in [1.82, 2.24) is 25.1 Å². The van der Waals surface area contributed by atoms with E-state index in [2.05, 4.69) is 15.5 Å². The molecule has 0 bridgehead atoms. The van der Waals surface area contributed by atoms with Gasteiger partial charge in [-0.05, 0) is 53.8 Å². The molecule has 0 unspecified atom stereocenters. The summed E-state index contributed by atoms with van der Waals surface area (Å²) in [5.41, 5.74) is 4.54. The lowest BCUT2D eigenvalue weighted by molar-refractivity contribution is -0.130. The second-order valence-electron chi connectivity index (χ2n) is 10.6. The van der Waals surface area contributed by atoms with Gasteiger partial charge in [0.05, 0.1) is 42.6 Å². The van der Waals surface area contributed by atoms with E-state index < -0.39 is 0 Å². The van der Waals surface area contributed by atoms with Crippen LogP contribution in [0.15, 0.2) is 107 Å². The number of hydrogen-bond acceptors (Lipinski definition) is 8. The Labute approximate surface area is 270 Å². The van der Waals surface area contributed by atoms with Crippen LogP contribution in [-0.4, -0.2) is 50.2 Å². The summed E-state index contributed by atoms with van der Waals surface area (Å²) in [6, 6.07) is 29.0. The summed E-state index contributed by atoms with van der Waals surface area (Å²) in [4.78, 5) is 27.7. The Kier molecular flexibility index (Phi) is 9.37. The highest BCUT2D eigenvalue weighted by molar-refractivity contribution is 7.99. The predicted molar refractivity (Wildman–Crippen MR) is 177 cm³/mol. The fourth-order valence-corrected chi connectivity index (χ4v) is 6.67. The van der Waals surface area contributed by atoms with Gasteiger partial charge in [0.2, 0.25) is 0 Å². The number of amides is 2. The number of hydrogen-bond donors (Lipinski definition) is 1. The number of aromatic nitrogens is 3. The van der Waals surface area contributed by atoms with Crippen molar-refractivity contribution in [3.63, 3.8) is 0 Å². The molecular formula is C34H32N6O3S2. The number of nitrogens with zero attached hydrogens (tertiary/aromatic N) is 5. The largest absolute Gasteiger partial charge is 0.497 e. The van der Waals surface area contributed by atoms with Gasteiger partial charge >= 0.3 is 0 Å². The fourth-order valence-electron chi connectivity index (χ4n) is 5.14. The van der Waals surface area contributed by atoms with Gasteiger partial charge in [0.15, 0.2) is 11.0 Å². The second-order valence-corrected chi connectivity index (χ2v) is 12.5. The first-order valence-corrected chi connectivity index (χ1v) is 16.4. The molecule has 45 heavy (non-hydrogen) atoms. The molecule has 0 aliphatic carbocycles. The summed E-state index contributed by atoms with van der Waals surface area (Å²) < 4.78 is 7.29. The van der Waals surface area contributed by atoms with Crippen molar-refractivity contribution in [2.45, 2.75) is 37.6 Å². The number of methoxy groups -OCH3 is 1. The number of carbonyl (C=O) groups is 2. The van der Waals surface area contributed by atoms with Gasteiger partial charge < -0.3 is 14.6 Å². The van der Waals surface area contributed by atoms with Crippen LogP contribution in [0.25, 0.3) is 0 Å². The van der Waals surface area contributed by atoms with Crippen molar-refractivity contribution < 1.29 is 14.3 Å². The quantitative estimate of drug-likeness (QED) is 0.176. The molecule has 228 valence electrons. The van der Waals surface area contributed by atoms with E-state index >= 15 is 0 Å². The SMILES string of the molecule is COc1ccc([C@H]2CC(c3cccs3)=NN2C(=O)CSc2nnc(CNC(=O)c3cccc(C)c3)n2Cc2ccccc2)cc1. The minimum atomic E-state index is -0.226. The Balaban J connectivity index is 1.21. The molecule has 3 aromatic carbocycles. The zero-order chi connectivity index (χ0) is 31.2. The summed E-state index contributed by atoms with van der Waals surface area (Å²) in [7, 11) is 1.63. The lowest BCUT2D eigenvalue weighted by atomic mass is 10.0. The molecule has 0 saturated carbocycles. The van der Waals surface area contributed by atoms with Crippen molar-refractivity contribution in [1.29, 1.82) is 0 Å². The molecule has 1 aliphatic heterocycles. The van der Waals surface area contributed by atoms with Gasteiger partial charge in [0.1, 0.15) is 5.75 Å². The molecule has 3 heterocycles. The van der Waals surface area contributed by atoms with E-state index in [4.69, 9.17) is 9.84 Å². The predicted octanol–water partition coefficient (Wildman–Crippen LogP) is 6.10. The zero-order valence-electron chi connectivity index (χ0n) is 24.9. The van der Waals surface area contributed by atoms with Crippen LogP contribution in [-0.2, 0) is 17.9 Å². The van der Waals surface area contributed by atoms with Gasteiger partial charge in [-0.2, -0.15) is 5.10 Å². The summed E-state index contributed by atoms with van der Waals surface area (Å²) >= 11 is 2.93. The topological polar surface area (TPSA) is 102 Å². The van der Waals surface area contributed by atoms with Crippen LogP contribution < -0.4 is 10.1 Å². The minimum Gasteiger partial charge on any atom is -0.497 e. The monoisotopic (exact) mass is 636 g/mol. The first kappa shape index (κ1) is 30.3. The Bertz CT molecular complexity index is 1800.